The molecule has 0 aliphatic carbocycles. The molecule has 0 bridgehead atoms. The van der Waals surface area contributed by atoms with Gasteiger partial charge in [-0.25, -0.2) is 4.98 Å². The quantitative estimate of drug-likeness (QED) is 0.587. The highest BCUT2D eigenvalue weighted by Crippen LogP contribution is 2.11. The highest BCUT2D eigenvalue weighted by molar-refractivity contribution is 7.16. The Morgan fingerprint density at radius 3 is 2.71 bits per heavy atom. The van der Waals surface area contributed by atoms with Gasteiger partial charge in [-0.3, -0.25) is 14.4 Å². The van der Waals surface area contributed by atoms with E-state index in [1.165, 1.54) is 21.9 Å². The van der Waals surface area contributed by atoms with E-state index in [1.54, 1.807) is 19.1 Å². The Bertz CT molecular complexity index is 1060. The van der Waals surface area contributed by atoms with E-state index in [2.05, 4.69) is 15.4 Å². The molecular formula is C18H18N4O5S. The SMILES string of the molecule is Cc1ccc(OCC(=O)NCC(=O)OCc2cc(=O)n3nc(C)sc3n2)cc1. The van der Waals surface area contributed by atoms with Gasteiger partial charge in [-0.1, -0.05) is 29.0 Å². The standard InChI is InChI=1S/C18H18N4O5S/c1-11-3-5-14(6-4-11)26-10-15(23)19-8-17(25)27-9-13-7-16(24)22-18(20-13)28-12(2)21-22/h3-7H,8-10H2,1-2H3,(H,19,23). The van der Waals surface area contributed by atoms with Gasteiger partial charge in [-0.05, 0) is 26.0 Å². The molecule has 0 fully saturated rings. The number of aromatic nitrogens is 3. The maximum Gasteiger partial charge on any atom is 0.325 e. The van der Waals surface area contributed by atoms with Crippen LogP contribution in [-0.4, -0.2) is 39.6 Å². The topological polar surface area (TPSA) is 112 Å². The van der Waals surface area contributed by atoms with Gasteiger partial charge >= 0.3 is 5.97 Å². The smallest absolute Gasteiger partial charge is 0.325 e. The van der Waals surface area contributed by atoms with Crippen molar-refractivity contribution in [3.63, 3.8) is 0 Å². The first-order valence-corrected chi connectivity index (χ1v) is 9.20. The minimum Gasteiger partial charge on any atom is -0.484 e. The van der Waals surface area contributed by atoms with Crippen molar-refractivity contribution in [3.8, 4) is 5.75 Å². The Labute approximate surface area is 163 Å². The number of rotatable bonds is 7. The molecule has 3 aromatic rings. The lowest BCUT2D eigenvalue weighted by atomic mass is 10.2. The molecule has 2 aromatic heterocycles. The molecule has 1 amide bonds. The van der Waals surface area contributed by atoms with Crippen LogP contribution in [0.4, 0.5) is 0 Å². The van der Waals surface area contributed by atoms with E-state index in [1.807, 2.05) is 19.1 Å². The van der Waals surface area contributed by atoms with E-state index >= 15 is 0 Å². The van der Waals surface area contributed by atoms with Crippen molar-refractivity contribution in [3.05, 3.63) is 57.0 Å². The van der Waals surface area contributed by atoms with E-state index in [9.17, 15) is 14.4 Å². The van der Waals surface area contributed by atoms with E-state index in [-0.39, 0.29) is 25.3 Å². The molecule has 1 aromatic carbocycles. The van der Waals surface area contributed by atoms with Crippen molar-refractivity contribution < 1.29 is 19.1 Å². The van der Waals surface area contributed by atoms with Gasteiger partial charge in [0.2, 0.25) is 4.96 Å². The molecule has 2 heterocycles. The van der Waals surface area contributed by atoms with Crippen molar-refractivity contribution in [2.45, 2.75) is 20.5 Å². The Morgan fingerprint density at radius 1 is 1.21 bits per heavy atom. The number of carbonyl (C=O) groups excluding carboxylic acids is 2. The number of hydrogen-bond acceptors (Lipinski definition) is 8. The zero-order chi connectivity index (χ0) is 20.1. The van der Waals surface area contributed by atoms with Crippen LogP contribution in [0.25, 0.3) is 4.96 Å². The first-order chi connectivity index (χ1) is 13.4. The largest absolute Gasteiger partial charge is 0.484 e. The monoisotopic (exact) mass is 402 g/mol. The predicted octanol–water partition coefficient (Wildman–Crippen LogP) is 1.01. The van der Waals surface area contributed by atoms with Crippen LogP contribution in [0.2, 0.25) is 0 Å². The van der Waals surface area contributed by atoms with Gasteiger partial charge in [-0.15, -0.1) is 0 Å². The molecule has 28 heavy (non-hydrogen) atoms. The Hall–Kier alpha value is -3.27. The van der Waals surface area contributed by atoms with Crippen LogP contribution in [0.5, 0.6) is 5.75 Å². The van der Waals surface area contributed by atoms with Crippen molar-refractivity contribution in [1.82, 2.24) is 19.9 Å². The number of fused-ring (bicyclic) bond motifs is 1. The van der Waals surface area contributed by atoms with E-state index in [0.717, 1.165) is 5.56 Å². The molecule has 0 aliphatic heterocycles. The van der Waals surface area contributed by atoms with Crippen LogP contribution in [0.1, 0.15) is 16.3 Å². The fourth-order valence-electron chi connectivity index (χ4n) is 2.24. The van der Waals surface area contributed by atoms with Crippen molar-refractivity contribution in [2.75, 3.05) is 13.2 Å². The second kappa shape index (κ2) is 8.61. The predicted molar refractivity (Wildman–Crippen MR) is 101 cm³/mol. The first kappa shape index (κ1) is 19.5. The number of benzene rings is 1. The number of carbonyl (C=O) groups is 2. The van der Waals surface area contributed by atoms with Crippen molar-refractivity contribution in [1.29, 1.82) is 0 Å². The Morgan fingerprint density at radius 2 is 1.96 bits per heavy atom. The average Bonchev–Trinajstić information content (AvgIpc) is 3.05. The first-order valence-electron chi connectivity index (χ1n) is 8.39. The second-order valence-electron chi connectivity index (χ2n) is 5.94. The van der Waals surface area contributed by atoms with Crippen LogP contribution in [0, 0.1) is 13.8 Å². The fourth-order valence-corrected chi connectivity index (χ4v) is 3.00. The molecular weight excluding hydrogens is 384 g/mol. The molecule has 0 aliphatic rings. The fraction of sp³-hybridized carbons (Fsp3) is 0.278. The van der Waals surface area contributed by atoms with Gasteiger partial charge in [0.15, 0.2) is 6.61 Å². The minimum absolute atomic E-state index is 0.169. The van der Waals surface area contributed by atoms with Crippen LogP contribution in [0.3, 0.4) is 0 Å². The third-order valence-electron chi connectivity index (χ3n) is 3.60. The van der Waals surface area contributed by atoms with Gasteiger partial charge in [0.05, 0.1) is 5.69 Å². The molecule has 1 N–H and O–H groups in total. The average molecular weight is 402 g/mol. The van der Waals surface area contributed by atoms with Crippen LogP contribution < -0.4 is 15.6 Å². The minimum atomic E-state index is -0.647. The summed E-state index contributed by atoms with van der Waals surface area (Å²) in [5.41, 5.74) is 1.05. The maximum absolute atomic E-state index is 11.9. The molecule has 0 radical (unpaired) electrons. The number of aryl methyl sites for hydroxylation is 2. The summed E-state index contributed by atoms with van der Waals surface area (Å²) in [4.78, 5) is 40.1. The van der Waals surface area contributed by atoms with Gasteiger partial charge in [0.25, 0.3) is 11.5 Å². The maximum atomic E-state index is 11.9. The lowest BCUT2D eigenvalue weighted by molar-refractivity contribution is -0.145. The van der Waals surface area contributed by atoms with Crippen LogP contribution in [0.15, 0.2) is 35.1 Å². The molecule has 0 atom stereocenters. The summed E-state index contributed by atoms with van der Waals surface area (Å²) >= 11 is 1.26. The summed E-state index contributed by atoms with van der Waals surface area (Å²) in [6.07, 6.45) is 0. The summed E-state index contributed by atoms with van der Waals surface area (Å²) in [6.45, 7) is 3.03. The molecule has 146 valence electrons. The van der Waals surface area contributed by atoms with E-state index < -0.39 is 11.9 Å². The number of esters is 1. The number of ether oxygens (including phenoxy) is 2. The van der Waals surface area contributed by atoms with E-state index in [4.69, 9.17) is 9.47 Å². The molecule has 0 unspecified atom stereocenters. The van der Waals surface area contributed by atoms with Gasteiger partial charge in [0.1, 0.15) is 23.9 Å². The number of nitrogens with zero attached hydrogens (tertiary/aromatic N) is 3. The molecule has 0 saturated heterocycles. The molecule has 0 saturated carbocycles. The Balaban J connectivity index is 1.43. The molecule has 0 spiro atoms. The number of nitrogens with one attached hydrogen (secondary N) is 1. The zero-order valence-electron chi connectivity index (χ0n) is 15.3. The zero-order valence-corrected chi connectivity index (χ0v) is 16.1. The van der Waals surface area contributed by atoms with Crippen molar-refractivity contribution in [2.24, 2.45) is 0 Å². The number of hydrogen-bond donors (Lipinski definition) is 1. The van der Waals surface area contributed by atoms with Gasteiger partial charge < -0.3 is 14.8 Å². The summed E-state index contributed by atoms with van der Waals surface area (Å²) in [7, 11) is 0. The molecule has 10 heteroatoms. The molecule has 9 nitrogen and oxygen atoms in total. The summed E-state index contributed by atoms with van der Waals surface area (Å²) < 4.78 is 11.6. The molecule has 3 rings (SSSR count). The lowest BCUT2D eigenvalue weighted by Crippen LogP contribution is -2.34. The third kappa shape index (κ3) is 5.13. The Kier molecular flexibility index (Phi) is 5.99. The van der Waals surface area contributed by atoms with Crippen LogP contribution in [-0.2, 0) is 20.9 Å². The normalized spacial score (nSPS) is 10.6. The summed E-state index contributed by atoms with van der Waals surface area (Å²) in [6, 6.07) is 8.51. The van der Waals surface area contributed by atoms with Gasteiger partial charge in [0, 0.05) is 6.07 Å². The van der Waals surface area contributed by atoms with E-state index in [0.29, 0.717) is 21.4 Å². The van der Waals surface area contributed by atoms with Crippen molar-refractivity contribution >= 4 is 28.2 Å². The van der Waals surface area contributed by atoms with Crippen LogP contribution >= 0.6 is 11.3 Å². The highest BCUT2D eigenvalue weighted by Gasteiger charge is 2.11. The summed E-state index contributed by atoms with van der Waals surface area (Å²) in [5, 5.41) is 7.15. The third-order valence-corrected chi connectivity index (χ3v) is 4.42. The lowest BCUT2D eigenvalue weighted by Gasteiger charge is -2.08. The summed E-state index contributed by atoms with van der Waals surface area (Å²) in [5.74, 6) is -0.531. The highest BCUT2D eigenvalue weighted by atomic mass is 32.1. The second-order valence-corrected chi connectivity index (χ2v) is 7.10. The van der Waals surface area contributed by atoms with Gasteiger partial charge in [-0.2, -0.15) is 9.61 Å². The number of amides is 1.